The van der Waals surface area contributed by atoms with Gasteiger partial charge in [0.15, 0.2) is 11.5 Å². The standard InChI is InChI=1S/C21H27N3O5/c1-3-27-20(25)19-13(2)22-21(26)23-15(19)12-24-8-4-5-16(24)14-6-7-17-18(11-14)29-10-9-28-17/h6-7,11,13,16H,3-5,8-10,12H2,1-2H3,(H2,22,23,26)/t13-,16+/m0/s1. The average molecular weight is 401 g/mol. The number of urea groups is 1. The van der Waals surface area contributed by atoms with Crippen LogP contribution in [-0.2, 0) is 9.53 Å². The number of nitrogens with one attached hydrogen (secondary N) is 2. The van der Waals surface area contributed by atoms with E-state index in [2.05, 4.69) is 21.6 Å². The molecule has 1 fully saturated rings. The number of hydrogen-bond donors (Lipinski definition) is 2. The monoisotopic (exact) mass is 401 g/mol. The number of carbonyl (C=O) groups excluding carboxylic acids is 2. The third kappa shape index (κ3) is 4.03. The molecular formula is C21H27N3O5. The van der Waals surface area contributed by atoms with Crippen molar-refractivity contribution in [3.8, 4) is 11.5 Å². The summed E-state index contributed by atoms with van der Waals surface area (Å²) in [7, 11) is 0. The number of benzene rings is 1. The first-order valence-electron chi connectivity index (χ1n) is 10.2. The molecule has 0 radical (unpaired) electrons. The van der Waals surface area contributed by atoms with E-state index in [9.17, 15) is 9.59 Å². The smallest absolute Gasteiger partial charge is 0.337 e. The van der Waals surface area contributed by atoms with Crippen LogP contribution < -0.4 is 20.1 Å². The normalized spacial score (nSPS) is 24.1. The molecule has 0 spiro atoms. The van der Waals surface area contributed by atoms with E-state index in [0.29, 0.717) is 37.6 Å². The minimum Gasteiger partial charge on any atom is -0.486 e. The van der Waals surface area contributed by atoms with Crippen molar-refractivity contribution in [2.24, 2.45) is 0 Å². The molecule has 4 rings (SSSR count). The van der Waals surface area contributed by atoms with Crippen molar-refractivity contribution in [2.45, 2.75) is 38.8 Å². The van der Waals surface area contributed by atoms with Gasteiger partial charge in [-0.05, 0) is 50.9 Å². The maximum Gasteiger partial charge on any atom is 0.337 e. The number of rotatable bonds is 5. The highest BCUT2D eigenvalue weighted by Crippen LogP contribution is 2.38. The molecule has 156 valence electrons. The molecule has 0 aromatic heterocycles. The van der Waals surface area contributed by atoms with Crippen molar-refractivity contribution in [1.82, 2.24) is 15.5 Å². The number of amides is 2. The third-order valence-electron chi connectivity index (χ3n) is 5.54. The SMILES string of the molecule is CCOC(=O)C1=C(CN2CCC[C@@H]2c2ccc3c(c2)OCCO3)NC(=O)N[C@H]1C. The van der Waals surface area contributed by atoms with Crippen LogP contribution in [0.15, 0.2) is 29.5 Å². The van der Waals surface area contributed by atoms with Gasteiger partial charge in [-0.25, -0.2) is 9.59 Å². The Morgan fingerprint density at radius 1 is 1.28 bits per heavy atom. The average Bonchev–Trinajstić information content (AvgIpc) is 3.15. The lowest BCUT2D eigenvalue weighted by Gasteiger charge is -2.31. The Kier molecular flexibility index (Phi) is 5.62. The van der Waals surface area contributed by atoms with Crippen LogP contribution in [0.1, 0.15) is 38.3 Å². The van der Waals surface area contributed by atoms with Gasteiger partial charge in [-0.1, -0.05) is 6.07 Å². The molecule has 3 heterocycles. The number of ether oxygens (including phenoxy) is 3. The number of hydrogen-bond acceptors (Lipinski definition) is 6. The maximum absolute atomic E-state index is 12.5. The Morgan fingerprint density at radius 3 is 2.86 bits per heavy atom. The van der Waals surface area contributed by atoms with Crippen molar-refractivity contribution >= 4 is 12.0 Å². The maximum atomic E-state index is 12.5. The molecule has 0 bridgehead atoms. The summed E-state index contributed by atoms with van der Waals surface area (Å²) in [6.07, 6.45) is 2.05. The lowest BCUT2D eigenvalue weighted by atomic mass is 10.0. The molecule has 8 nitrogen and oxygen atoms in total. The molecule has 1 aromatic rings. The first-order chi connectivity index (χ1) is 14.1. The van der Waals surface area contributed by atoms with Crippen LogP contribution in [-0.4, -0.2) is 55.9 Å². The summed E-state index contributed by atoms with van der Waals surface area (Å²) < 4.78 is 16.6. The van der Waals surface area contributed by atoms with E-state index in [0.717, 1.165) is 36.4 Å². The van der Waals surface area contributed by atoms with E-state index in [1.807, 2.05) is 12.1 Å². The Balaban J connectivity index is 1.59. The van der Waals surface area contributed by atoms with Crippen molar-refractivity contribution in [2.75, 3.05) is 32.9 Å². The van der Waals surface area contributed by atoms with Gasteiger partial charge >= 0.3 is 12.0 Å². The van der Waals surface area contributed by atoms with Crippen LogP contribution in [0.3, 0.4) is 0 Å². The van der Waals surface area contributed by atoms with Crippen LogP contribution in [0.4, 0.5) is 4.79 Å². The lowest BCUT2D eigenvalue weighted by molar-refractivity contribution is -0.139. The quantitative estimate of drug-likeness (QED) is 0.735. The molecule has 0 saturated carbocycles. The number of fused-ring (bicyclic) bond motifs is 1. The zero-order valence-corrected chi connectivity index (χ0v) is 16.8. The summed E-state index contributed by atoms with van der Waals surface area (Å²) in [4.78, 5) is 26.8. The molecule has 8 heteroatoms. The summed E-state index contributed by atoms with van der Waals surface area (Å²) in [6.45, 7) is 6.35. The molecule has 2 N–H and O–H groups in total. The summed E-state index contributed by atoms with van der Waals surface area (Å²) in [5.74, 6) is 1.16. The van der Waals surface area contributed by atoms with Gasteiger partial charge in [0, 0.05) is 18.3 Å². The van der Waals surface area contributed by atoms with Gasteiger partial charge in [-0.3, -0.25) is 4.90 Å². The Morgan fingerprint density at radius 2 is 2.07 bits per heavy atom. The van der Waals surface area contributed by atoms with Crippen molar-refractivity contribution in [3.63, 3.8) is 0 Å². The van der Waals surface area contributed by atoms with E-state index < -0.39 is 12.0 Å². The molecular weight excluding hydrogens is 374 g/mol. The van der Waals surface area contributed by atoms with Crippen molar-refractivity contribution < 1.29 is 23.8 Å². The number of likely N-dealkylation sites (tertiary alicyclic amines) is 1. The molecule has 2 atom stereocenters. The second kappa shape index (κ2) is 8.32. The second-order valence-electron chi connectivity index (χ2n) is 7.46. The van der Waals surface area contributed by atoms with Gasteiger partial charge in [-0.15, -0.1) is 0 Å². The highest BCUT2D eigenvalue weighted by Gasteiger charge is 2.34. The van der Waals surface area contributed by atoms with Gasteiger partial charge in [0.2, 0.25) is 0 Å². The lowest BCUT2D eigenvalue weighted by Crippen LogP contribution is -2.51. The van der Waals surface area contributed by atoms with Crippen LogP contribution >= 0.6 is 0 Å². The Hall–Kier alpha value is -2.74. The molecule has 3 aliphatic heterocycles. The summed E-state index contributed by atoms with van der Waals surface area (Å²) in [5, 5.41) is 5.57. The zero-order valence-electron chi connectivity index (χ0n) is 16.8. The fourth-order valence-electron chi connectivity index (χ4n) is 4.27. The van der Waals surface area contributed by atoms with E-state index in [-0.39, 0.29) is 12.1 Å². The van der Waals surface area contributed by atoms with E-state index in [1.165, 1.54) is 0 Å². The first-order valence-corrected chi connectivity index (χ1v) is 10.2. The minimum atomic E-state index is -0.395. The van der Waals surface area contributed by atoms with Gasteiger partial charge < -0.3 is 24.8 Å². The highest BCUT2D eigenvalue weighted by molar-refractivity contribution is 5.94. The fraction of sp³-hybridized carbons (Fsp3) is 0.524. The van der Waals surface area contributed by atoms with E-state index in [4.69, 9.17) is 14.2 Å². The van der Waals surface area contributed by atoms with E-state index in [1.54, 1.807) is 13.8 Å². The molecule has 1 saturated heterocycles. The third-order valence-corrected chi connectivity index (χ3v) is 5.54. The number of esters is 1. The van der Waals surface area contributed by atoms with Gasteiger partial charge in [-0.2, -0.15) is 0 Å². The highest BCUT2D eigenvalue weighted by atomic mass is 16.6. The van der Waals surface area contributed by atoms with Gasteiger partial charge in [0.05, 0.1) is 18.2 Å². The summed E-state index contributed by atoms with van der Waals surface area (Å²) >= 11 is 0. The fourth-order valence-corrected chi connectivity index (χ4v) is 4.27. The van der Waals surface area contributed by atoms with Gasteiger partial charge in [0.25, 0.3) is 0 Å². The molecule has 0 aliphatic carbocycles. The molecule has 0 unspecified atom stereocenters. The largest absolute Gasteiger partial charge is 0.486 e. The molecule has 29 heavy (non-hydrogen) atoms. The topological polar surface area (TPSA) is 89.1 Å². The molecule has 3 aliphatic rings. The Bertz CT molecular complexity index is 838. The van der Waals surface area contributed by atoms with Crippen molar-refractivity contribution in [3.05, 3.63) is 35.0 Å². The van der Waals surface area contributed by atoms with Crippen LogP contribution in [0, 0.1) is 0 Å². The minimum absolute atomic E-state index is 0.184. The molecule has 2 amide bonds. The predicted octanol–water partition coefficient (Wildman–Crippen LogP) is 2.11. The predicted molar refractivity (Wildman–Crippen MR) is 106 cm³/mol. The van der Waals surface area contributed by atoms with Crippen molar-refractivity contribution in [1.29, 1.82) is 0 Å². The molecule has 1 aromatic carbocycles. The summed E-state index contributed by atoms with van der Waals surface area (Å²) in [5.41, 5.74) is 2.25. The van der Waals surface area contributed by atoms with Crippen LogP contribution in [0.25, 0.3) is 0 Å². The summed E-state index contributed by atoms with van der Waals surface area (Å²) in [6, 6.07) is 5.56. The van der Waals surface area contributed by atoms with Gasteiger partial charge in [0.1, 0.15) is 13.2 Å². The first kappa shape index (κ1) is 19.6. The van der Waals surface area contributed by atoms with Crippen LogP contribution in [0.2, 0.25) is 0 Å². The van der Waals surface area contributed by atoms with E-state index >= 15 is 0 Å². The second-order valence-corrected chi connectivity index (χ2v) is 7.46. The Labute approximate surface area is 170 Å². The zero-order chi connectivity index (χ0) is 20.4. The number of carbonyl (C=O) groups is 2. The number of nitrogens with zero attached hydrogens (tertiary/aromatic N) is 1. The van der Waals surface area contributed by atoms with Crippen LogP contribution in [0.5, 0.6) is 11.5 Å².